The van der Waals surface area contributed by atoms with Gasteiger partial charge in [0.15, 0.2) is 5.78 Å². The molecule has 0 fully saturated rings. The van der Waals surface area contributed by atoms with Crippen LogP contribution in [-0.2, 0) is 4.79 Å². The Morgan fingerprint density at radius 1 is 0.968 bits per heavy atom. The molecule has 2 atom stereocenters. The standard InChI is InChI=1S/C24H18N4O3/c29-23-15-18(16-7-2-1-3-8-16)14-20(17-9-6-10-19(13-17)28(30)31)24(23)27-22-12-5-4-11-21(22)25-26-27/h1-13,15,20,24H,14H2/t20-,24-/m1/s1. The highest BCUT2D eigenvalue weighted by Crippen LogP contribution is 2.43. The van der Waals surface area contributed by atoms with Crippen molar-refractivity contribution in [1.82, 2.24) is 15.0 Å². The summed E-state index contributed by atoms with van der Waals surface area (Å²) in [7, 11) is 0. The van der Waals surface area contributed by atoms with Gasteiger partial charge in [-0.1, -0.05) is 59.8 Å². The first-order valence-corrected chi connectivity index (χ1v) is 9.96. The second-order valence-corrected chi connectivity index (χ2v) is 7.57. The Kier molecular flexibility index (Phi) is 4.63. The average Bonchev–Trinajstić information content (AvgIpc) is 3.23. The molecule has 0 unspecified atom stereocenters. The van der Waals surface area contributed by atoms with Crippen LogP contribution in [0.25, 0.3) is 16.6 Å². The first-order valence-electron chi connectivity index (χ1n) is 9.96. The number of aromatic nitrogens is 3. The van der Waals surface area contributed by atoms with Crippen LogP contribution in [-0.4, -0.2) is 25.7 Å². The SMILES string of the molecule is O=C1C=C(c2ccccc2)C[C@H](c2cccc([N+](=O)[O-])c2)[C@H]1n1nnc2ccccc21. The predicted octanol–water partition coefficient (Wildman–Crippen LogP) is 4.72. The molecule has 4 aromatic rings. The molecule has 7 nitrogen and oxygen atoms in total. The van der Waals surface area contributed by atoms with Crippen LogP contribution in [0.3, 0.4) is 0 Å². The van der Waals surface area contributed by atoms with Gasteiger partial charge in [-0.05, 0) is 41.3 Å². The summed E-state index contributed by atoms with van der Waals surface area (Å²) in [5.74, 6) is -0.421. The lowest BCUT2D eigenvalue weighted by atomic mass is 9.77. The molecule has 1 heterocycles. The Balaban J connectivity index is 1.67. The zero-order chi connectivity index (χ0) is 21.4. The zero-order valence-corrected chi connectivity index (χ0v) is 16.5. The molecule has 0 spiro atoms. The van der Waals surface area contributed by atoms with Crippen LogP contribution in [0.2, 0.25) is 0 Å². The molecule has 1 aliphatic rings. The van der Waals surface area contributed by atoms with E-state index in [0.29, 0.717) is 11.9 Å². The Morgan fingerprint density at radius 2 is 1.74 bits per heavy atom. The minimum atomic E-state index is -0.637. The molecule has 7 heteroatoms. The maximum atomic E-state index is 13.4. The van der Waals surface area contributed by atoms with Crippen LogP contribution in [0.5, 0.6) is 0 Å². The number of non-ortho nitro benzene ring substituents is 1. The lowest BCUT2D eigenvalue weighted by Crippen LogP contribution is -2.29. The molecule has 0 radical (unpaired) electrons. The third kappa shape index (κ3) is 3.40. The van der Waals surface area contributed by atoms with Gasteiger partial charge in [0.2, 0.25) is 0 Å². The van der Waals surface area contributed by atoms with E-state index in [1.165, 1.54) is 6.07 Å². The number of para-hydroxylation sites is 1. The summed E-state index contributed by atoms with van der Waals surface area (Å²) < 4.78 is 1.65. The van der Waals surface area contributed by atoms with Crippen LogP contribution in [0.4, 0.5) is 5.69 Å². The van der Waals surface area contributed by atoms with Crippen molar-refractivity contribution in [2.24, 2.45) is 0 Å². The number of hydrogen-bond acceptors (Lipinski definition) is 5. The lowest BCUT2D eigenvalue weighted by molar-refractivity contribution is -0.384. The molecule has 0 N–H and O–H groups in total. The number of hydrogen-bond donors (Lipinski definition) is 0. The number of nitrogens with zero attached hydrogens (tertiary/aromatic N) is 4. The quantitative estimate of drug-likeness (QED) is 0.359. The third-order valence-corrected chi connectivity index (χ3v) is 5.72. The van der Waals surface area contributed by atoms with Crippen LogP contribution in [0.15, 0.2) is 84.9 Å². The molecule has 3 aromatic carbocycles. The largest absolute Gasteiger partial charge is 0.292 e. The van der Waals surface area contributed by atoms with Crippen LogP contribution >= 0.6 is 0 Å². The Labute approximate surface area is 177 Å². The number of allylic oxidation sites excluding steroid dienone is 2. The maximum absolute atomic E-state index is 13.4. The van der Waals surface area contributed by atoms with E-state index in [4.69, 9.17) is 0 Å². The number of ketones is 1. The molecule has 5 rings (SSSR count). The van der Waals surface area contributed by atoms with Crippen molar-refractivity contribution in [3.05, 3.63) is 106 Å². The van der Waals surface area contributed by atoms with Gasteiger partial charge in [0.1, 0.15) is 11.6 Å². The number of rotatable bonds is 4. The number of fused-ring (bicyclic) bond motifs is 1. The van der Waals surface area contributed by atoms with Crippen molar-refractivity contribution < 1.29 is 9.72 Å². The van der Waals surface area contributed by atoms with Gasteiger partial charge in [0.05, 0.1) is 10.4 Å². The van der Waals surface area contributed by atoms with E-state index in [1.54, 1.807) is 22.9 Å². The molecular weight excluding hydrogens is 392 g/mol. The maximum Gasteiger partial charge on any atom is 0.269 e. The van der Waals surface area contributed by atoms with E-state index in [0.717, 1.165) is 22.2 Å². The topological polar surface area (TPSA) is 90.9 Å². The fourth-order valence-electron chi connectivity index (χ4n) is 4.27. The first kappa shape index (κ1) is 18.9. The van der Waals surface area contributed by atoms with Gasteiger partial charge in [0.25, 0.3) is 5.69 Å². The van der Waals surface area contributed by atoms with E-state index in [2.05, 4.69) is 10.3 Å². The van der Waals surface area contributed by atoms with Crippen molar-refractivity contribution in [2.45, 2.75) is 18.4 Å². The minimum Gasteiger partial charge on any atom is -0.292 e. The molecule has 31 heavy (non-hydrogen) atoms. The highest BCUT2D eigenvalue weighted by molar-refractivity contribution is 6.02. The molecule has 152 valence electrons. The van der Waals surface area contributed by atoms with Gasteiger partial charge >= 0.3 is 0 Å². The lowest BCUT2D eigenvalue weighted by Gasteiger charge is -2.31. The summed E-state index contributed by atoms with van der Waals surface area (Å²) in [6, 6.07) is 23.1. The average molecular weight is 410 g/mol. The van der Waals surface area contributed by atoms with Crippen molar-refractivity contribution in [3.8, 4) is 0 Å². The molecule has 0 saturated carbocycles. The fraction of sp³-hybridized carbons (Fsp3) is 0.125. The van der Waals surface area contributed by atoms with E-state index in [9.17, 15) is 14.9 Å². The summed E-state index contributed by atoms with van der Waals surface area (Å²) in [6.07, 6.45) is 2.22. The Bertz CT molecular complexity index is 1330. The molecule has 1 aliphatic carbocycles. The number of carbonyl (C=O) groups excluding carboxylic acids is 1. The summed E-state index contributed by atoms with van der Waals surface area (Å²) in [5, 5.41) is 19.9. The highest BCUT2D eigenvalue weighted by Gasteiger charge is 2.37. The van der Waals surface area contributed by atoms with Gasteiger partial charge in [-0.3, -0.25) is 14.9 Å². The summed E-state index contributed by atoms with van der Waals surface area (Å²) in [4.78, 5) is 24.4. The monoisotopic (exact) mass is 410 g/mol. The summed E-state index contributed by atoms with van der Waals surface area (Å²) in [5.41, 5.74) is 4.06. The molecule has 0 bridgehead atoms. The highest BCUT2D eigenvalue weighted by atomic mass is 16.6. The van der Waals surface area contributed by atoms with E-state index < -0.39 is 11.0 Å². The predicted molar refractivity (Wildman–Crippen MR) is 116 cm³/mol. The fourth-order valence-corrected chi connectivity index (χ4v) is 4.27. The number of nitro benzene ring substituents is 1. The molecule has 0 aliphatic heterocycles. The Hall–Kier alpha value is -4.13. The second-order valence-electron chi connectivity index (χ2n) is 7.57. The van der Waals surface area contributed by atoms with Gasteiger partial charge in [-0.25, -0.2) is 4.68 Å². The van der Waals surface area contributed by atoms with Crippen molar-refractivity contribution in [3.63, 3.8) is 0 Å². The zero-order valence-electron chi connectivity index (χ0n) is 16.5. The third-order valence-electron chi connectivity index (χ3n) is 5.72. The van der Waals surface area contributed by atoms with Gasteiger partial charge in [0, 0.05) is 18.1 Å². The van der Waals surface area contributed by atoms with Gasteiger partial charge < -0.3 is 0 Å². The number of carbonyl (C=O) groups is 1. The van der Waals surface area contributed by atoms with Crippen molar-refractivity contribution >= 4 is 28.1 Å². The molecule has 0 saturated heterocycles. The normalized spacial score (nSPS) is 18.7. The number of nitro groups is 1. The summed E-state index contributed by atoms with van der Waals surface area (Å²) >= 11 is 0. The smallest absolute Gasteiger partial charge is 0.269 e. The van der Waals surface area contributed by atoms with Crippen LogP contribution < -0.4 is 0 Å². The molecular formula is C24H18N4O3. The van der Waals surface area contributed by atoms with E-state index in [1.807, 2.05) is 60.7 Å². The van der Waals surface area contributed by atoms with Gasteiger partial charge in [-0.15, -0.1) is 5.10 Å². The van der Waals surface area contributed by atoms with Crippen LogP contribution in [0.1, 0.15) is 29.5 Å². The molecule has 0 amide bonds. The molecule has 1 aromatic heterocycles. The van der Waals surface area contributed by atoms with E-state index in [-0.39, 0.29) is 17.4 Å². The van der Waals surface area contributed by atoms with E-state index >= 15 is 0 Å². The van der Waals surface area contributed by atoms with Gasteiger partial charge in [-0.2, -0.15) is 0 Å². The minimum absolute atomic E-state index is 0.00274. The second kappa shape index (κ2) is 7.60. The first-order chi connectivity index (χ1) is 15.1. The Morgan fingerprint density at radius 3 is 2.55 bits per heavy atom. The number of benzene rings is 3. The van der Waals surface area contributed by atoms with Crippen molar-refractivity contribution in [1.29, 1.82) is 0 Å². The van der Waals surface area contributed by atoms with Crippen molar-refractivity contribution in [2.75, 3.05) is 0 Å². The summed E-state index contributed by atoms with van der Waals surface area (Å²) in [6.45, 7) is 0. The van der Waals surface area contributed by atoms with Crippen LogP contribution in [0, 0.1) is 10.1 Å².